The highest BCUT2D eigenvalue weighted by atomic mass is 16.2. The fraction of sp³-hybridized carbons (Fsp3) is 0.529. The molecule has 0 saturated carbocycles. The lowest BCUT2D eigenvalue weighted by Gasteiger charge is -2.14. The Bertz CT molecular complexity index is 763. The third-order valence-electron chi connectivity index (χ3n) is 4.35. The molecule has 1 saturated heterocycles. The molecule has 0 bridgehead atoms. The molecule has 8 heteroatoms. The van der Waals surface area contributed by atoms with E-state index in [-0.39, 0.29) is 11.8 Å². The van der Waals surface area contributed by atoms with Crippen molar-refractivity contribution in [2.24, 2.45) is 0 Å². The second-order valence-corrected chi connectivity index (χ2v) is 6.46. The lowest BCUT2D eigenvalue weighted by Crippen LogP contribution is -2.30. The number of hydrogen-bond donors (Lipinski definition) is 2. The Morgan fingerprint density at radius 2 is 2.20 bits per heavy atom. The van der Waals surface area contributed by atoms with Gasteiger partial charge in [0.25, 0.3) is 5.91 Å². The van der Waals surface area contributed by atoms with Gasteiger partial charge in [-0.05, 0) is 38.8 Å². The number of amides is 2. The van der Waals surface area contributed by atoms with Crippen LogP contribution < -0.4 is 5.32 Å². The quantitative estimate of drug-likeness (QED) is 0.733. The van der Waals surface area contributed by atoms with Gasteiger partial charge >= 0.3 is 0 Å². The van der Waals surface area contributed by atoms with Crippen LogP contribution in [0.4, 0.5) is 0 Å². The number of carbonyl (C=O) groups excluding carboxylic acids is 2. The normalized spacial score (nSPS) is 14.3. The minimum absolute atomic E-state index is 0.205. The number of likely N-dealkylation sites (tertiary alicyclic amines) is 1. The van der Waals surface area contributed by atoms with Crippen LogP contribution in [0.2, 0.25) is 0 Å². The predicted molar refractivity (Wildman–Crippen MR) is 92.2 cm³/mol. The first-order valence-electron chi connectivity index (χ1n) is 8.64. The first-order chi connectivity index (χ1) is 12.0. The van der Waals surface area contributed by atoms with E-state index < -0.39 is 0 Å². The first kappa shape index (κ1) is 17.2. The van der Waals surface area contributed by atoms with Crippen molar-refractivity contribution in [3.05, 3.63) is 34.9 Å². The molecule has 1 fully saturated rings. The van der Waals surface area contributed by atoms with Gasteiger partial charge in [0.15, 0.2) is 0 Å². The molecular weight excluding hydrogens is 320 g/mol. The smallest absolute Gasteiger partial charge is 0.271 e. The topological polar surface area (TPSA) is 95.9 Å². The monoisotopic (exact) mass is 344 g/mol. The fourth-order valence-corrected chi connectivity index (χ4v) is 3.06. The molecule has 2 aromatic rings. The number of nitrogens with one attached hydrogen (secondary N) is 2. The number of H-pyrrole nitrogens is 1. The van der Waals surface area contributed by atoms with Crippen LogP contribution in [0.3, 0.4) is 0 Å². The van der Waals surface area contributed by atoms with Crippen LogP contribution in [-0.4, -0.2) is 56.3 Å². The summed E-state index contributed by atoms with van der Waals surface area (Å²) in [6.45, 7) is 6.56. The fourth-order valence-electron chi connectivity index (χ4n) is 3.06. The summed E-state index contributed by atoms with van der Waals surface area (Å²) in [6.07, 6.45) is 2.34. The molecule has 134 valence electrons. The summed E-state index contributed by atoms with van der Waals surface area (Å²) < 4.78 is 1.87. The van der Waals surface area contributed by atoms with Gasteiger partial charge < -0.3 is 10.2 Å². The molecule has 2 aromatic heterocycles. The van der Waals surface area contributed by atoms with Crippen LogP contribution in [0.25, 0.3) is 0 Å². The molecule has 0 aromatic carbocycles. The van der Waals surface area contributed by atoms with Crippen molar-refractivity contribution in [1.82, 2.24) is 30.2 Å². The average molecular weight is 344 g/mol. The van der Waals surface area contributed by atoms with E-state index in [0.29, 0.717) is 31.7 Å². The van der Waals surface area contributed by atoms with Crippen LogP contribution >= 0.6 is 0 Å². The van der Waals surface area contributed by atoms with E-state index >= 15 is 0 Å². The molecule has 1 aliphatic heterocycles. The molecule has 0 unspecified atom stereocenters. The second-order valence-electron chi connectivity index (χ2n) is 6.46. The Morgan fingerprint density at radius 3 is 2.88 bits per heavy atom. The minimum atomic E-state index is -0.205. The van der Waals surface area contributed by atoms with Crippen molar-refractivity contribution < 1.29 is 9.59 Å². The van der Waals surface area contributed by atoms with Crippen LogP contribution in [0, 0.1) is 13.8 Å². The number of carbonyl (C=O) groups is 2. The van der Waals surface area contributed by atoms with E-state index in [1.54, 1.807) is 6.07 Å². The number of aromatic nitrogens is 4. The maximum absolute atomic E-state index is 12.1. The highest BCUT2D eigenvalue weighted by Crippen LogP contribution is 2.09. The van der Waals surface area contributed by atoms with Gasteiger partial charge in [0.2, 0.25) is 5.91 Å². The van der Waals surface area contributed by atoms with E-state index in [2.05, 4.69) is 20.6 Å². The molecule has 0 radical (unpaired) electrons. The van der Waals surface area contributed by atoms with Crippen LogP contribution in [0.1, 0.15) is 46.8 Å². The summed E-state index contributed by atoms with van der Waals surface area (Å²) in [5.74, 6) is 0.0102. The van der Waals surface area contributed by atoms with Crippen molar-refractivity contribution in [3.8, 4) is 0 Å². The Morgan fingerprint density at radius 1 is 1.36 bits per heavy atom. The van der Waals surface area contributed by atoms with Gasteiger partial charge in [-0.2, -0.15) is 10.2 Å². The molecule has 0 aliphatic carbocycles. The van der Waals surface area contributed by atoms with Crippen molar-refractivity contribution >= 4 is 11.8 Å². The summed E-state index contributed by atoms with van der Waals surface area (Å²) in [5.41, 5.74) is 3.23. The zero-order valence-electron chi connectivity index (χ0n) is 14.7. The molecule has 0 spiro atoms. The number of aryl methyl sites for hydroxylation is 2. The number of hydrogen-bond acceptors (Lipinski definition) is 4. The summed E-state index contributed by atoms with van der Waals surface area (Å²) in [6, 6.07) is 3.75. The van der Waals surface area contributed by atoms with Crippen LogP contribution in [-0.2, 0) is 11.3 Å². The van der Waals surface area contributed by atoms with Crippen molar-refractivity contribution in [2.75, 3.05) is 19.6 Å². The van der Waals surface area contributed by atoms with Gasteiger partial charge in [0.1, 0.15) is 5.69 Å². The largest absolute Gasteiger partial charge is 0.351 e. The molecule has 25 heavy (non-hydrogen) atoms. The zero-order chi connectivity index (χ0) is 17.8. The number of aromatic amines is 1. The molecule has 3 rings (SSSR count). The van der Waals surface area contributed by atoms with E-state index in [9.17, 15) is 9.59 Å². The van der Waals surface area contributed by atoms with Gasteiger partial charge in [-0.3, -0.25) is 19.4 Å². The second kappa shape index (κ2) is 7.50. The molecule has 1 aliphatic rings. The zero-order valence-corrected chi connectivity index (χ0v) is 14.7. The first-order valence-corrected chi connectivity index (χ1v) is 8.64. The lowest BCUT2D eigenvalue weighted by atomic mass is 10.3. The molecule has 0 atom stereocenters. The SMILES string of the molecule is Cc1cc(C)n(Cc2cc(C(=O)NCCCN3CCCC3=O)n[nH]2)n1. The standard InChI is InChI=1S/C17H24N6O2/c1-12-9-13(2)23(21-12)11-14-10-15(20-19-14)17(25)18-6-4-8-22-7-3-5-16(22)24/h9-10H,3-8,11H2,1-2H3,(H,18,25)(H,19,20). The average Bonchev–Trinajstić information content (AvgIpc) is 3.26. The van der Waals surface area contributed by atoms with E-state index in [4.69, 9.17) is 0 Å². The van der Waals surface area contributed by atoms with Crippen molar-refractivity contribution in [1.29, 1.82) is 0 Å². The Balaban J connectivity index is 1.45. The highest BCUT2D eigenvalue weighted by molar-refractivity contribution is 5.92. The lowest BCUT2D eigenvalue weighted by molar-refractivity contribution is -0.127. The summed E-state index contributed by atoms with van der Waals surface area (Å²) in [7, 11) is 0. The van der Waals surface area contributed by atoms with Crippen molar-refractivity contribution in [3.63, 3.8) is 0 Å². The molecule has 8 nitrogen and oxygen atoms in total. The Kier molecular flexibility index (Phi) is 5.16. The molecular formula is C17H24N6O2. The van der Waals surface area contributed by atoms with Gasteiger partial charge in [-0.1, -0.05) is 0 Å². The Labute approximate surface area is 146 Å². The number of nitrogens with zero attached hydrogens (tertiary/aromatic N) is 4. The van der Waals surface area contributed by atoms with E-state index in [0.717, 1.165) is 36.5 Å². The van der Waals surface area contributed by atoms with Crippen LogP contribution in [0.15, 0.2) is 12.1 Å². The third-order valence-corrected chi connectivity index (χ3v) is 4.35. The maximum Gasteiger partial charge on any atom is 0.271 e. The molecule has 2 N–H and O–H groups in total. The highest BCUT2D eigenvalue weighted by Gasteiger charge is 2.19. The Hall–Kier alpha value is -2.64. The minimum Gasteiger partial charge on any atom is -0.351 e. The summed E-state index contributed by atoms with van der Waals surface area (Å²) in [5, 5.41) is 14.2. The molecule has 2 amide bonds. The van der Waals surface area contributed by atoms with E-state index in [1.165, 1.54) is 0 Å². The summed E-state index contributed by atoms with van der Waals surface area (Å²) >= 11 is 0. The van der Waals surface area contributed by atoms with Gasteiger partial charge in [-0.15, -0.1) is 0 Å². The third kappa shape index (κ3) is 4.26. The van der Waals surface area contributed by atoms with Crippen molar-refractivity contribution in [2.45, 2.75) is 39.7 Å². The van der Waals surface area contributed by atoms with E-state index in [1.807, 2.05) is 29.5 Å². The maximum atomic E-state index is 12.1. The molecule has 3 heterocycles. The van der Waals surface area contributed by atoms with Crippen LogP contribution in [0.5, 0.6) is 0 Å². The summed E-state index contributed by atoms with van der Waals surface area (Å²) in [4.78, 5) is 25.5. The predicted octanol–water partition coefficient (Wildman–Crippen LogP) is 1.01. The van der Waals surface area contributed by atoms with Gasteiger partial charge in [0.05, 0.1) is 17.9 Å². The number of rotatable bonds is 7. The van der Waals surface area contributed by atoms with Gasteiger partial charge in [0, 0.05) is 31.7 Å². The van der Waals surface area contributed by atoms with Gasteiger partial charge in [-0.25, -0.2) is 0 Å².